The summed E-state index contributed by atoms with van der Waals surface area (Å²) in [6.45, 7) is -0.0698. The molecule has 0 spiro atoms. The van der Waals surface area contributed by atoms with Gasteiger partial charge in [-0.25, -0.2) is 4.98 Å². The summed E-state index contributed by atoms with van der Waals surface area (Å²) in [6.07, 6.45) is -3.46. The van der Waals surface area contributed by atoms with Gasteiger partial charge in [-0.15, -0.1) is 13.2 Å². The maximum atomic E-state index is 12.5. The van der Waals surface area contributed by atoms with E-state index in [2.05, 4.69) is 14.7 Å². The lowest BCUT2D eigenvalue weighted by Gasteiger charge is -2.19. The van der Waals surface area contributed by atoms with Gasteiger partial charge in [-0.2, -0.15) is 0 Å². The number of nitrogens with zero attached hydrogens (tertiary/aromatic N) is 3. The van der Waals surface area contributed by atoms with Crippen LogP contribution in [0.15, 0.2) is 54.7 Å². The minimum atomic E-state index is -4.80. The highest BCUT2D eigenvalue weighted by molar-refractivity contribution is 5.93. The van der Waals surface area contributed by atoms with Crippen LogP contribution in [0.1, 0.15) is 16.1 Å². The summed E-state index contributed by atoms with van der Waals surface area (Å²) < 4.78 is 41.5. The molecule has 0 unspecified atom stereocenters. The van der Waals surface area contributed by atoms with Crippen LogP contribution in [-0.4, -0.2) is 34.2 Å². The summed E-state index contributed by atoms with van der Waals surface area (Å²) in [4.78, 5) is 22.2. The molecule has 134 valence electrons. The third-order valence-corrected chi connectivity index (χ3v) is 3.62. The number of aromatic nitrogens is 2. The van der Waals surface area contributed by atoms with Gasteiger partial charge in [0.05, 0.1) is 17.2 Å². The Kier molecular flexibility index (Phi) is 4.75. The number of para-hydroxylation sites is 3. The lowest BCUT2D eigenvalue weighted by Crippen LogP contribution is -2.28. The molecule has 1 amide bonds. The summed E-state index contributed by atoms with van der Waals surface area (Å²) in [5.74, 6) is -0.797. The second-order valence-electron chi connectivity index (χ2n) is 5.56. The molecule has 0 aliphatic carbocycles. The number of hydrogen-bond donors (Lipinski definition) is 0. The van der Waals surface area contributed by atoms with Crippen molar-refractivity contribution in [3.63, 3.8) is 0 Å². The quantitative estimate of drug-likeness (QED) is 0.709. The second kappa shape index (κ2) is 6.99. The largest absolute Gasteiger partial charge is 0.573 e. The normalized spacial score (nSPS) is 11.4. The van der Waals surface area contributed by atoms with Crippen molar-refractivity contribution in [3.05, 3.63) is 66.0 Å². The molecule has 0 aliphatic rings. The van der Waals surface area contributed by atoms with Crippen molar-refractivity contribution in [2.45, 2.75) is 12.9 Å². The summed E-state index contributed by atoms with van der Waals surface area (Å²) in [6, 6.07) is 12.8. The highest BCUT2D eigenvalue weighted by Gasteiger charge is 2.32. The van der Waals surface area contributed by atoms with Gasteiger partial charge in [-0.05, 0) is 18.2 Å². The van der Waals surface area contributed by atoms with Gasteiger partial charge < -0.3 is 9.64 Å². The van der Waals surface area contributed by atoms with Crippen molar-refractivity contribution in [2.24, 2.45) is 0 Å². The molecule has 1 aromatic heterocycles. The lowest BCUT2D eigenvalue weighted by atomic mass is 10.2. The van der Waals surface area contributed by atoms with E-state index in [0.717, 1.165) is 0 Å². The van der Waals surface area contributed by atoms with Gasteiger partial charge in [-0.3, -0.25) is 9.78 Å². The number of carbonyl (C=O) groups is 1. The average molecular weight is 361 g/mol. The molecule has 0 saturated heterocycles. The standard InChI is InChI=1S/C18H14F3N3O2/c1-24(11-12-6-2-5-9-16(12)26-18(19,20)21)17(25)15-10-22-13-7-3-4-8-14(13)23-15/h2-10H,11H2,1H3. The number of carbonyl (C=O) groups excluding carboxylic acids is 1. The summed E-state index contributed by atoms with van der Waals surface area (Å²) in [5.41, 5.74) is 1.55. The Morgan fingerprint density at radius 1 is 1.08 bits per heavy atom. The topological polar surface area (TPSA) is 55.3 Å². The van der Waals surface area contributed by atoms with Crippen molar-refractivity contribution in [1.82, 2.24) is 14.9 Å². The predicted octanol–water partition coefficient (Wildman–Crippen LogP) is 3.80. The molecule has 3 rings (SSSR count). The Balaban J connectivity index is 1.81. The van der Waals surface area contributed by atoms with Crippen LogP contribution in [0, 0.1) is 0 Å². The first-order valence-corrected chi connectivity index (χ1v) is 7.64. The highest BCUT2D eigenvalue weighted by atomic mass is 19.4. The molecule has 1 heterocycles. The molecule has 0 saturated carbocycles. The zero-order valence-corrected chi connectivity index (χ0v) is 13.7. The Morgan fingerprint density at radius 2 is 1.73 bits per heavy atom. The predicted molar refractivity (Wildman–Crippen MR) is 88.5 cm³/mol. The van der Waals surface area contributed by atoms with Crippen LogP contribution in [0.2, 0.25) is 0 Å². The molecule has 0 radical (unpaired) electrons. The molecule has 0 aliphatic heterocycles. The number of hydrogen-bond acceptors (Lipinski definition) is 4. The van der Waals surface area contributed by atoms with Crippen LogP contribution in [-0.2, 0) is 6.54 Å². The number of ether oxygens (including phenoxy) is 1. The first-order chi connectivity index (χ1) is 12.3. The summed E-state index contributed by atoms with van der Waals surface area (Å²) in [5, 5.41) is 0. The van der Waals surface area contributed by atoms with E-state index < -0.39 is 12.3 Å². The SMILES string of the molecule is CN(Cc1ccccc1OC(F)(F)F)C(=O)c1cnc2ccccc2n1. The molecule has 0 N–H and O–H groups in total. The van der Waals surface area contributed by atoms with Crippen LogP contribution in [0.4, 0.5) is 13.2 Å². The molecule has 8 heteroatoms. The van der Waals surface area contributed by atoms with Crippen LogP contribution in [0.3, 0.4) is 0 Å². The number of fused-ring (bicyclic) bond motifs is 1. The van der Waals surface area contributed by atoms with Gasteiger partial charge in [0.15, 0.2) is 0 Å². The van der Waals surface area contributed by atoms with Crippen molar-refractivity contribution >= 4 is 16.9 Å². The van der Waals surface area contributed by atoms with Gasteiger partial charge in [0.2, 0.25) is 0 Å². The monoisotopic (exact) mass is 361 g/mol. The second-order valence-corrected chi connectivity index (χ2v) is 5.56. The summed E-state index contributed by atoms with van der Waals surface area (Å²) in [7, 11) is 1.48. The lowest BCUT2D eigenvalue weighted by molar-refractivity contribution is -0.275. The van der Waals surface area contributed by atoms with E-state index >= 15 is 0 Å². The number of benzene rings is 2. The minimum Gasteiger partial charge on any atom is -0.405 e. The van der Waals surface area contributed by atoms with E-state index in [9.17, 15) is 18.0 Å². The van der Waals surface area contributed by atoms with Crippen molar-refractivity contribution in [1.29, 1.82) is 0 Å². The molecule has 3 aromatic rings. The van der Waals surface area contributed by atoms with Crippen LogP contribution < -0.4 is 4.74 Å². The average Bonchev–Trinajstić information content (AvgIpc) is 2.61. The molecule has 2 aromatic carbocycles. The summed E-state index contributed by atoms with van der Waals surface area (Å²) >= 11 is 0. The van der Waals surface area contributed by atoms with Crippen molar-refractivity contribution in [3.8, 4) is 5.75 Å². The van der Waals surface area contributed by atoms with E-state index in [1.807, 2.05) is 6.07 Å². The molecular weight excluding hydrogens is 347 g/mol. The van der Waals surface area contributed by atoms with Crippen LogP contribution >= 0.6 is 0 Å². The number of rotatable bonds is 4. The smallest absolute Gasteiger partial charge is 0.405 e. The van der Waals surface area contributed by atoms with Crippen molar-refractivity contribution < 1.29 is 22.7 Å². The van der Waals surface area contributed by atoms with E-state index in [0.29, 0.717) is 11.0 Å². The Labute approximate surface area is 147 Å². The highest BCUT2D eigenvalue weighted by Crippen LogP contribution is 2.27. The first kappa shape index (κ1) is 17.7. The van der Waals surface area contributed by atoms with E-state index in [1.165, 1.54) is 36.3 Å². The minimum absolute atomic E-state index is 0.0698. The maximum Gasteiger partial charge on any atom is 0.573 e. The number of alkyl halides is 3. The zero-order chi connectivity index (χ0) is 18.7. The first-order valence-electron chi connectivity index (χ1n) is 7.64. The molecule has 0 bridgehead atoms. The van der Waals surface area contributed by atoms with Crippen LogP contribution in [0.25, 0.3) is 11.0 Å². The van der Waals surface area contributed by atoms with Gasteiger partial charge >= 0.3 is 6.36 Å². The molecule has 5 nitrogen and oxygen atoms in total. The van der Waals surface area contributed by atoms with Gasteiger partial charge in [0, 0.05) is 19.2 Å². The maximum absolute atomic E-state index is 12.5. The third-order valence-electron chi connectivity index (χ3n) is 3.62. The third kappa shape index (κ3) is 4.08. The number of halogens is 3. The fourth-order valence-electron chi connectivity index (χ4n) is 2.44. The van der Waals surface area contributed by atoms with Crippen molar-refractivity contribution in [2.75, 3.05) is 7.05 Å². The Morgan fingerprint density at radius 3 is 2.46 bits per heavy atom. The Hall–Kier alpha value is -3.16. The van der Waals surface area contributed by atoms with E-state index in [4.69, 9.17) is 0 Å². The molecule has 0 atom stereocenters. The van der Waals surface area contributed by atoms with Gasteiger partial charge in [-0.1, -0.05) is 30.3 Å². The van der Waals surface area contributed by atoms with E-state index in [1.54, 1.807) is 24.3 Å². The zero-order valence-electron chi connectivity index (χ0n) is 13.7. The van der Waals surface area contributed by atoms with Gasteiger partial charge in [0.25, 0.3) is 5.91 Å². The number of amides is 1. The Bertz CT molecular complexity index is 944. The fraction of sp³-hybridized carbons (Fsp3) is 0.167. The van der Waals surface area contributed by atoms with Crippen LogP contribution in [0.5, 0.6) is 5.75 Å². The van der Waals surface area contributed by atoms with Gasteiger partial charge in [0.1, 0.15) is 11.4 Å². The molecule has 0 fully saturated rings. The van der Waals surface area contributed by atoms with E-state index in [-0.39, 0.29) is 23.6 Å². The molecular formula is C18H14F3N3O2. The fourth-order valence-corrected chi connectivity index (χ4v) is 2.44. The molecule has 26 heavy (non-hydrogen) atoms.